The van der Waals surface area contributed by atoms with Gasteiger partial charge in [0.1, 0.15) is 5.82 Å². The molecule has 0 aliphatic heterocycles. The van der Waals surface area contributed by atoms with Crippen LogP contribution in [0.15, 0.2) is 10.7 Å². The fourth-order valence-corrected chi connectivity index (χ4v) is 1.79. The summed E-state index contributed by atoms with van der Waals surface area (Å²) in [6, 6.07) is 0. The van der Waals surface area contributed by atoms with Crippen molar-refractivity contribution in [3.8, 4) is 0 Å². The van der Waals surface area contributed by atoms with E-state index in [1.807, 2.05) is 13.8 Å². The molecule has 0 fully saturated rings. The number of rotatable bonds is 6. The highest BCUT2D eigenvalue weighted by Crippen LogP contribution is 2.23. The molecular weight excluding hydrogens is 286 g/mol. The molecule has 7 heteroatoms. The third kappa shape index (κ3) is 3.85. The van der Waals surface area contributed by atoms with Crippen molar-refractivity contribution in [1.29, 1.82) is 0 Å². The molecule has 0 saturated carbocycles. The Labute approximate surface area is 109 Å². The molecule has 0 aliphatic carbocycles. The summed E-state index contributed by atoms with van der Waals surface area (Å²) in [7, 11) is 0. The normalized spacial score (nSPS) is 10.1. The minimum atomic E-state index is -0.387. The quantitative estimate of drug-likeness (QED) is 0.818. The second-order valence-electron chi connectivity index (χ2n) is 3.38. The molecule has 17 heavy (non-hydrogen) atoms. The number of aromatic nitrogens is 2. The van der Waals surface area contributed by atoms with Crippen LogP contribution in [0.2, 0.25) is 0 Å². The van der Waals surface area contributed by atoms with Gasteiger partial charge in [0.2, 0.25) is 11.9 Å². The molecule has 0 radical (unpaired) electrons. The third-order valence-corrected chi connectivity index (χ3v) is 2.65. The summed E-state index contributed by atoms with van der Waals surface area (Å²) in [5.41, 5.74) is 5.20. The molecule has 1 aromatic heterocycles. The van der Waals surface area contributed by atoms with E-state index in [-0.39, 0.29) is 12.5 Å². The van der Waals surface area contributed by atoms with Gasteiger partial charge in [0.25, 0.3) is 0 Å². The number of carbonyl (C=O) groups excluding carboxylic acids is 1. The van der Waals surface area contributed by atoms with Crippen LogP contribution in [0.5, 0.6) is 0 Å². The predicted molar refractivity (Wildman–Crippen MR) is 71.0 cm³/mol. The number of primary amides is 1. The van der Waals surface area contributed by atoms with Gasteiger partial charge in [0.05, 0.1) is 11.0 Å². The summed E-state index contributed by atoms with van der Waals surface area (Å²) in [5, 5.41) is 3.02. The smallest absolute Gasteiger partial charge is 0.236 e. The average Bonchev–Trinajstić information content (AvgIpc) is 2.29. The molecular formula is C10H16BrN5O. The van der Waals surface area contributed by atoms with Crippen molar-refractivity contribution in [3.63, 3.8) is 0 Å². The molecule has 1 rings (SSSR count). The molecule has 1 amide bonds. The van der Waals surface area contributed by atoms with Crippen molar-refractivity contribution >= 4 is 33.6 Å². The molecule has 0 unspecified atom stereocenters. The van der Waals surface area contributed by atoms with Crippen LogP contribution >= 0.6 is 15.9 Å². The van der Waals surface area contributed by atoms with Crippen molar-refractivity contribution in [2.24, 2.45) is 5.73 Å². The van der Waals surface area contributed by atoms with E-state index < -0.39 is 0 Å². The molecule has 1 aromatic rings. The Morgan fingerprint density at radius 2 is 2.29 bits per heavy atom. The monoisotopic (exact) mass is 301 g/mol. The zero-order valence-electron chi connectivity index (χ0n) is 9.90. The van der Waals surface area contributed by atoms with Crippen LogP contribution in [0.3, 0.4) is 0 Å². The maximum Gasteiger partial charge on any atom is 0.236 e. The first-order valence-corrected chi connectivity index (χ1v) is 6.17. The minimum Gasteiger partial charge on any atom is -0.368 e. The SMILES string of the molecule is CCNc1ncc(Br)c(N(CC)CC(N)=O)n1. The highest BCUT2D eigenvalue weighted by atomic mass is 79.9. The van der Waals surface area contributed by atoms with Gasteiger partial charge in [0, 0.05) is 19.3 Å². The van der Waals surface area contributed by atoms with Crippen LogP contribution in [0.1, 0.15) is 13.8 Å². The van der Waals surface area contributed by atoms with Crippen molar-refractivity contribution < 1.29 is 4.79 Å². The summed E-state index contributed by atoms with van der Waals surface area (Å²) in [5.74, 6) is 0.813. The molecule has 94 valence electrons. The van der Waals surface area contributed by atoms with E-state index in [2.05, 4.69) is 31.2 Å². The van der Waals surface area contributed by atoms with E-state index in [1.54, 1.807) is 11.1 Å². The third-order valence-electron chi connectivity index (χ3n) is 2.09. The molecule has 0 atom stereocenters. The maximum absolute atomic E-state index is 11.0. The van der Waals surface area contributed by atoms with E-state index in [9.17, 15) is 4.79 Å². The lowest BCUT2D eigenvalue weighted by atomic mass is 10.4. The van der Waals surface area contributed by atoms with Crippen LogP contribution < -0.4 is 16.0 Å². The number of nitrogens with zero attached hydrogens (tertiary/aromatic N) is 3. The molecule has 0 bridgehead atoms. The van der Waals surface area contributed by atoms with Gasteiger partial charge in [-0.15, -0.1) is 0 Å². The van der Waals surface area contributed by atoms with Gasteiger partial charge in [-0.2, -0.15) is 4.98 Å². The summed E-state index contributed by atoms with van der Waals surface area (Å²) < 4.78 is 0.738. The van der Waals surface area contributed by atoms with Crippen molar-refractivity contribution in [3.05, 3.63) is 10.7 Å². The Morgan fingerprint density at radius 1 is 1.59 bits per heavy atom. The van der Waals surface area contributed by atoms with Crippen molar-refractivity contribution in [1.82, 2.24) is 9.97 Å². The zero-order chi connectivity index (χ0) is 12.8. The van der Waals surface area contributed by atoms with Crippen molar-refractivity contribution in [2.45, 2.75) is 13.8 Å². The van der Waals surface area contributed by atoms with E-state index >= 15 is 0 Å². The van der Waals surface area contributed by atoms with Gasteiger partial charge < -0.3 is 16.0 Å². The number of anilines is 2. The second-order valence-corrected chi connectivity index (χ2v) is 4.23. The first-order chi connectivity index (χ1) is 8.08. The largest absolute Gasteiger partial charge is 0.368 e. The van der Waals surface area contributed by atoms with Crippen LogP contribution in [0.25, 0.3) is 0 Å². The summed E-state index contributed by atoms with van der Waals surface area (Å²) >= 11 is 3.37. The Kier molecular flexibility index (Phi) is 5.14. The summed E-state index contributed by atoms with van der Waals surface area (Å²) in [4.78, 5) is 21.2. The van der Waals surface area contributed by atoms with Crippen LogP contribution in [0, 0.1) is 0 Å². The number of nitrogens with two attached hydrogens (primary N) is 1. The summed E-state index contributed by atoms with van der Waals surface area (Å²) in [6.45, 7) is 5.42. The van der Waals surface area contributed by atoms with Gasteiger partial charge in [-0.3, -0.25) is 4.79 Å². The lowest BCUT2D eigenvalue weighted by Crippen LogP contribution is -2.34. The molecule has 0 aliphatic rings. The molecule has 0 spiro atoms. The van der Waals surface area contributed by atoms with Crippen LogP contribution in [0.4, 0.5) is 11.8 Å². The number of likely N-dealkylation sites (N-methyl/N-ethyl adjacent to an activating group) is 1. The lowest BCUT2D eigenvalue weighted by Gasteiger charge is -2.21. The molecule has 0 saturated heterocycles. The van der Waals surface area contributed by atoms with Gasteiger partial charge in [-0.05, 0) is 29.8 Å². The highest BCUT2D eigenvalue weighted by molar-refractivity contribution is 9.10. The van der Waals surface area contributed by atoms with Gasteiger partial charge in [-0.25, -0.2) is 4.98 Å². The Morgan fingerprint density at radius 3 is 2.82 bits per heavy atom. The number of carbonyl (C=O) groups is 1. The van der Waals surface area contributed by atoms with Gasteiger partial charge in [0.15, 0.2) is 0 Å². The Balaban J connectivity index is 2.99. The minimum absolute atomic E-state index is 0.137. The fourth-order valence-electron chi connectivity index (χ4n) is 1.35. The predicted octanol–water partition coefficient (Wildman–Crippen LogP) is 0.982. The highest BCUT2D eigenvalue weighted by Gasteiger charge is 2.13. The number of hydrogen-bond acceptors (Lipinski definition) is 5. The molecule has 1 heterocycles. The van der Waals surface area contributed by atoms with Crippen LogP contribution in [-0.2, 0) is 4.79 Å². The fraction of sp³-hybridized carbons (Fsp3) is 0.500. The second kappa shape index (κ2) is 6.39. The topological polar surface area (TPSA) is 84.1 Å². The number of amides is 1. The molecule has 0 aromatic carbocycles. The van der Waals surface area contributed by atoms with E-state index in [4.69, 9.17) is 5.73 Å². The zero-order valence-corrected chi connectivity index (χ0v) is 11.5. The number of hydrogen-bond donors (Lipinski definition) is 2. The van der Waals surface area contributed by atoms with Crippen molar-refractivity contribution in [2.75, 3.05) is 29.9 Å². The standard InChI is InChI=1S/C10H16BrN5O/c1-3-13-10-14-5-7(11)9(15-10)16(4-2)6-8(12)17/h5H,3-4,6H2,1-2H3,(H2,12,17)(H,13,14,15). The Hall–Kier alpha value is -1.37. The average molecular weight is 302 g/mol. The van der Waals surface area contributed by atoms with E-state index in [1.165, 1.54) is 0 Å². The van der Waals surface area contributed by atoms with Crippen LogP contribution in [-0.4, -0.2) is 35.5 Å². The lowest BCUT2D eigenvalue weighted by molar-refractivity contribution is -0.116. The van der Waals surface area contributed by atoms with Gasteiger partial charge >= 0.3 is 0 Å². The van der Waals surface area contributed by atoms with Gasteiger partial charge in [-0.1, -0.05) is 0 Å². The molecule has 3 N–H and O–H groups in total. The Bertz CT molecular complexity index is 398. The van der Waals surface area contributed by atoms with E-state index in [0.717, 1.165) is 11.0 Å². The first kappa shape index (κ1) is 13.7. The van der Waals surface area contributed by atoms with E-state index in [0.29, 0.717) is 18.3 Å². The maximum atomic E-state index is 11.0. The first-order valence-electron chi connectivity index (χ1n) is 5.38. The summed E-state index contributed by atoms with van der Waals surface area (Å²) in [6.07, 6.45) is 1.66. The molecule has 6 nitrogen and oxygen atoms in total. The number of halogens is 1. The number of nitrogens with one attached hydrogen (secondary N) is 1.